The summed E-state index contributed by atoms with van der Waals surface area (Å²) < 4.78 is 26.8. The van der Waals surface area contributed by atoms with E-state index in [2.05, 4.69) is 9.82 Å². The van der Waals surface area contributed by atoms with Crippen molar-refractivity contribution in [3.63, 3.8) is 0 Å². The van der Waals surface area contributed by atoms with Crippen molar-refractivity contribution >= 4 is 21.6 Å². The second kappa shape index (κ2) is 7.63. The van der Waals surface area contributed by atoms with Crippen molar-refractivity contribution in [2.75, 3.05) is 18.0 Å². The molecule has 0 radical (unpaired) electrons. The lowest BCUT2D eigenvalue weighted by atomic mass is 10.1. The van der Waals surface area contributed by atoms with Crippen LogP contribution in [0.5, 0.6) is 0 Å². The maximum Gasteiger partial charge on any atom is 0.253 e. The summed E-state index contributed by atoms with van der Waals surface area (Å²) in [6.07, 6.45) is 4.66. The van der Waals surface area contributed by atoms with Crippen molar-refractivity contribution < 1.29 is 13.2 Å². The van der Waals surface area contributed by atoms with E-state index in [9.17, 15) is 13.2 Å². The molecule has 0 aliphatic heterocycles. The quantitative estimate of drug-likeness (QED) is 0.708. The van der Waals surface area contributed by atoms with E-state index < -0.39 is 10.0 Å². The van der Waals surface area contributed by atoms with E-state index >= 15 is 0 Å². The first-order chi connectivity index (χ1) is 12.8. The number of hydrogen-bond acceptors (Lipinski definition) is 4. The summed E-state index contributed by atoms with van der Waals surface area (Å²) in [5, 5.41) is 4.33. The lowest BCUT2D eigenvalue weighted by Gasteiger charge is -2.17. The smallest absolute Gasteiger partial charge is 0.253 e. The zero-order valence-corrected chi connectivity index (χ0v) is 15.8. The van der Waals surface area contributed by atoms with Crippen LogP contribution in [-0.2, 0) is 16.6 Å². The van der Waals surface area contributed by atoms with Gasteiger partial charge in [0.05, 0.1) is 18.1 Å². The second-order valence-corrected chi connectivity index (χ2v) is 7.99. The number of benzene rings is 2. The molecule has 0 aliphatic rings. The van der Waals surface area contributed by atoms with Gasteiger partial charge in [0.1, 0.15) is 0 Å². The number of carbonyl (C=O) groups is 1. The Hall–Kier alpha value is -3.13. The molecule has 1 aromatic heterocycles. The van der Waals surface area contributed by atoms with Gasteiger partial charge in [-0.1, -0.05) is 24.3 Å². The number of carbonyl (C=O) groups excluding carboxylic acids is 1. The largest absolute Gasteiger partial charge is 0.337 e. The summed E-state index contributed by atoms with van der Waals surface area (Å²) in [6, 6.07) is 16.1. The van der Waals surface area contributed by atoms with Crippen molar-refractivity contribution in [3.05, 3.63) is 78.1 Å². The number of nitrogens with zero attached hydrogens (tertiary/aromatic N) is 3. The number of amides is 1. The van der Waals surface area contributed by atoms with Crippen LogP contribution in [-0.4, -0.2) is 42.3 Å². The van der Waals surface area contributed by atoms with E-state index in [1.165, 1.54) is 6.07 Å². The summed E-state index contributed by atoms with van der Waals surface area (Å²) >= 11 is 0. The van der Waals surface area contributed by atoms with Crippen LogP contribution in [0.2, 0.25) is 0 Å². The highest BCUT2D eigenvalue weighted by atomic mass is 32.2. The third-order valence-corrected chi connectivity index (χ3v) is 4.44. The molecular weight excluding hydrogens is 364 g/mol. The number of rotatable bonds is 6. The van der Waals surface area contributed by atoms with Crippen LogP contribution < -0.4 is 4.72 Å². The van der Waals surface area contributed by atoms with Gasteiger partial charge >= 0.3 is 0 Å². The zero-order valence-electron chi connectivity index (χ0n) is 15.0. The van der Waals surface area contributed by atoms with Crippen molar-refractivity contribution in [2.24, 2.45) is 0 Å². The summed E-state index contributed by atoms with van der Waals surface area (Å²) in [5.74, 6) is -0.209. The molecule has 0 bridgehead atoms. The molecule has 0 fully saturated rings. The average Bonchev–Trinajstić information content (AvgIpc) is 3.09. The lowest BCUT2D eigenvalue weighted by molar-refractivity contribution is 0.0785. The molecule has 1 heterocycles. The summed E-state index contributed by atoms with van der Waals surface area (Å²) in [5.41, 5.74) is 2.59. The Bertz CT molecular complexity index is 1050. The molecule has 0 saturated carbocycles. The SMILES string of the molecule is CN(Cc1cnn(-c2ccccc2)c1)C(=O)c1cccc(NS(C)(=O)=O)c1. The Labute approximate surface area is 158 Å². The maximum atomic E-state index is 12.7. The van der Waals surface area contributed by atoms with Crippen LogP contribution in [0.4, 0.5) is 5.69 Å². The number of anilines is 1. The van der Waals surface area contributed by atoms with E-state index in [1.54, 1.807) is 41.0 Å². The predicted molar refractivity (Wildman–Crippen MR) is 104 cm³/mol. The van der Waals surface area contributed by atoms with E-state index in [-0.39, 0.29) is 5.91 Å². The third-order valence-electron chi connectivity index (χ3n) is 3.84. The molecule has 7 nitrogen and oxygen atoms in total. The highest BCUT2D eigenvalue weighted by Gasteiger charge is 2.14. The fourth-order valence-electron chi connectivity index (χ4n) is 2.66. The summed E-state index contributed by atoms with van der Waals surface area (Å²) in [7, 11) is -1.70. The second-order valence-electron chi connectivity index (χ2n) is 6.24. The van der Waals surface area contributed by atoms with Gasteiger partial charge in [-0.2, -0.15) is 5.10 Å². The normalized spacial score (nSPS) is 11.2. The van der Waals surface area contributed by atoms with E-state index in [0.29, 0.717) is 17.8 Å². The minimum Gasteiger partial charge on any atom is -0.337 e. The zero-order chi connectivity index (χ0) is 19.4. The van der Waals surface area contributed by atoms with Crippen molar-refractivity contribution in [3.8, 4) is 5.69 Å². The first-order valence-electron chi connectivity index (χ1n) is 8.24. The molecule has 0 spiro atoms. The first kappa shape index (κ1) is 18.7. The third kappa shape index (κ3) is 4.95. The topological polar surface area (TPSA) is 84.3 Å². The van der Waals surface area contributed by atoms with E-state index in [1.807, 2.05) is 36.5 Å². The molecule has 0 saturated heterocycles. The van der Waals surface area contributed by atoms with Gasteiger partial charge in [-0.15, -0.1) is 0 Å². The van der Waals surface area contributed by atoms with Crippen molar-refractivity contribution in [1.29, 1.82) is 0 Å². The molecule has 8 heteroatoms. The van der Waals surface area contributed by atoms with Gasteiger partial charge in [-0.3, -0.25) is 9.52 Å². The summed E-state index contributed by atoms with van der Waals surface area (Å²) in [4.78, 5) is 14.2. The van der Waals surface area contributed by atoms with Gasteiger partial charge in [0.2, 0.25) is 10.0 Å². The lowest BCUT2D eigenvalue weighted by Crippen LogP contribution is -2.26. The highest BCUT2D eigenvalue weighted by Crippen LogP contribution is 2.15. The van der Waals surface area contributed by atoms with Gasteiger partial charge in [0.15, 0.2) is 0 Å². The Morgan fingerprint density at radius 3 is 2.59 bits per heavy atom. The number of aromatic nitrogens is 2. The average molecular weight is 384 g/mol. The molecule has 3 rings (SSSR count). The highest BCUT2D eigenvalue weighted by molar-refractivity contribution is 7.92. The van der Waals surface area contributed by atoms with Crippen LogP contribution >= 0.6 is 0 Å². The Morgan fingerprint density at radius 1 is 1.15 bits per heavy atom. The van der Waals surface area contributed by atoms with Gasteiger partial charge in [-0.05, 0) is 30.3 Å². The molecule has 140 valence electrons. The van der Waals surface area contributed by atoms with Crippen LogP contribution in [0.15, 0.2) is 67.0 Å². The fraction of sp³-hybridized carbons (Fsp3) is 0.158. The molecular formula is C19H20N4O3S. The molecule has 3 aromatic rings. The number of nitrogens with one attached hydrogen (secondary N) is 1. The number of para-hydroxylation sites is 1. The van der Waals surface area contributed by atoms with Gasteiger partial charge < -0.3 is 4.90 Å². The van der Waals surface area contributed by atoms with Crippen molar-refractivity contribution in [2.45, 2.75) is 6.54 Å². The minimum absolute atomic E-state index is 0.209. The van der Waals surface area contributed by atoms with Crippen LogP contribution in [0.25, 0.3) is 5.69 Å². The van der Waals surface area contributed by atoms with E-state index in [4.69, 9.17) is 0 Å². The Morgan fingerprint density at radius 2 is 1.89 bits per heavy atom. The fourth-order valence-corrected chi connectivity index (χ4v) is 3.21. The van der Waals surface area contributed by atoms with Gasteiger partial charge in [0, 0.05) is 36.6 Å². The summed E-state index contributed by atoms with van der Waals surface area (Å²) in [6.45, 7) is 0.384. The standard InChI is InChI=1S/C19H20N4O3S/c1-22(13-15-12-20-23(14-15)18-9-4-3-5-10-18)19(24)16-7-6-8-17(11-16)21-27(2,25)26/h3-12,14,21H,13H2,1-2H3. The van der Waals surface area contributed by atoms with Gasteiger partial charge in [-0.25, -0.2) is 13.1 Å². The first-order valence-corrected chi connectivity index (χ1v) is 10.1. The molecule has 0 atom stereocenters. The molecule has 1 N–H and O–H groups in total. The Kier molecular flexibility index (Phi) is 5.27. The van der Waals surface area contributed by atoms with Gasteiger partial charge in [0.25, 0.3) is 5.91 Å². The van der Waals surface area contributed by atoms with Crippen LogP contribution in [0.3, 0.4) is 0 Å². The predicted octanol–water partition coefficient (Wildman–Crippen LogP) is 2.52. The maximum absolute atomic E-state index is 12.7. The Balaban J connectivity index is 1.71. The minimum atomic E-state index is -3.40. The number of sulfonamides is 1. The number of hydrogen-bond donors (Lipinski definition) is 1. The van der Waals surface area contributed by atoms with Crippen molar-refractivity contribution in [1.82, 2.24) is 14.7 Å². The van der Waals surface area contributed by atoms with Crippen LogP contribution in [0, 0.1) is 0 Å². The van der Waals surface area contributed by atoms with E-state index in [0.717, 1.165) is 17.5 Å². The van der Waals surface area contributed by atoms with Crippen LogP contribution in [0.1, 0.15) is 15.9 Å². The monoisotopic (exact) mass is 384 g/mol. The molecule has 2 aromatic carbocycles. The molecule has 1 amide bonds. The molecule has 0 aliphatic carbocycles. The molecule has 27 heavy (non-hydrogen) atoms. The molecule has 0 unspecified atom stereocenters.